The number of furan rings is 1. The molecule has 1 aromatic heterocycles. The van der Waals surface area contributed by atoms with Crippen molar-refractivity contribution in [1.29, 1.82) is 0 Å². The monoisotopic (exact) mass is 612 g/mol. The Morgan fingerprint density at radius 3 is 2.36 bits per heavy atom. The summed E-state index contributed by atoms with van der Waals surface area (Å²) in [6.07, 6.45) is 3.57. The van der Waals surface area contributed by atoms with E-state index in [9.17, 15) is 18.8 Å². The fourth-order valence-electron chi connectivity index (χ4n) is 6.36. The number of benzene rings is 3. The quantitative estimate of drug-likeness (QED) is 0.136. The van der Waals surface area contributed by atoms with Gasteiger partial charge >= 0.3 is 5.97 Å². The van der Waals surface area contributed by atoms with Gasteiger partial charge in [-0.15, -0.1) is 0 Å². The SMILES string of the molecule is CCOC(=O)[C@H]1CCCC[C@@H]1NC(=O)c1cccc(-c2cc3c(C(=O)CC)c(-c4ccc(F)cc4)oc3cc2N(CC)CC)c1. The molecule has 1 aliphatic rings. The van der Waals surface area contributed by atoms with E-state index in [-0.39, 0.29) is 41.9 Å². The topological polar surface area (TPSA) is 88.8 Å². The molecule has 1 aliphatic carbocycles. The Balaban J connectivity index is 1.59. The van der Waals surface area contributed by atoms with E-state index < -0.39 is 0 Å². The first-order chi connectivity index (χ1) is 21.8. The average molecular weight is 613 g/mol. The van der Waals surface area contributed by atoms with Gasteiger partial charge in [-0.2, -0.15) is 0 Å². The second-order valence-corrected chi connectivity index (χ2v) is 11.4. The third-order valence-electron chi connectivity index (χ3n) is 8.72. The van der Waals surface area contributed by atoms with Crippen molar-refractivity contribution < 1.29 is 27.9 Å². The molecular formula is C37H41FN2O5. The van der Waals surface area contributed by atoms with Gasteiger partial charge in [-0.3, -0.25) is 14.4 Å². The lowest BCUT2D eigenvalue weighted by molar-refractivity contribution is -0.150. The fourth-order valence-corrected chi connectivity index (χ4v) is 6.36. The van der Waals surface area contributed by atoms with Crippen LogP contribution in [0.25, 0.3) is 33.4 Å². The molecule has 236 valence electrons. The van der Waals surface area contributed by atoms with E-state index in [0.717, 1.165) is 49.2 Å². The van der Waals surface area contributed by atoms with Gasteiger partial charge in [-0.1, -0.05) is 31.9 Å². The molecule has 5 rings (SSSR count). The van der Waals surface area contributed by atoms with Gasteiger partial charge in [-0.05, 0) is 81.6 Å². The van der Waals surface area contributed by atoms with E-state index in [1.165, 1.54) is 12.1 Å². The van der Waals surface area contributed by atoms with Crippen LogP contribution in [0.1, 0.15) is 80.5 Å². The van der Waals surface area contributed by atoms with Gasteiger partial charge in [0.15, 0.2) is 5.78 Å². The summed E-state index contributed by atoms with van der Waals surface area (Å²) in [5.74, 6) is -0.887. The molecule has 8 heteroatoms. The first kappa shape index (κ1) is 31.9. The lowest BCUT2D eigenvalue weighted by Crippen LogP contribution is -2.45. The van der Waals surface area contributed by atoms with Crippen molar-refractivity contribution in [3.63, 3.8) is 0 Å². The summed E-state index contributed by atoms with van der Waals surface area (Å²) in [6, 6.07) is 17.0. The number of halogens is 1. The second kappa shape index (κ2) is 14.1. The average Bonchev–Trinajstić information content (AvgIpc) is 3.43. The molecular weight excluding hydrogens is 571 g/mol. The summed E-state index contributed by atoms with van der Waals surface area (Å²) < 4.78 is 25.4. The number of esters is 1. The molecule has 0 radical (unpaired) electrons. The molecule has 0 bridgehead atoms. The molecule has 1 N–H and O–H groups in total. The van der Waals surface area contributed by atoms with E-state index in [1.807, 2.05) is 37.3 Å². The summed E-state index contributed by atoms with van der Waals surface area (Å²) in [4.78, 5) is 41.7. The summed E-state index contributed by atoms with van der Waals surface area (Å²) in [7, 11) is 0. The number of carbonyl (C=O) groups is 3. The number of ketones is 1. The minimum absolute atomic E-state index is 0.0774. The number of amides is 1. The van der Waals surface area contributed by atoms with Crippen LogP contribution in [0.5, 0.6) is 0 Å². The predicted octanol–water partition coefficient (Wildman–Crippen LogP) is 8.20. The predicted molar refractivity (Wildman–Crippen MR) is 175 cm³/mol. The highest BCUT2D eigenvalue weighted by Gasteiger charge is 2.33. The number of fused-ring (bicyclic) bond motifs is 1. The second-order valence-electron chi connectivity index (χ2n) is 11.4. The molecule has 7 nitrogen and oxygen atoms in total. The van der Waals surface area contributed by atoms with Gasteiger partial charge in [0, 0.05) is 59.4 Å². The van der Waals surface area contributed by atoms with Gasteiger partial charge in [-0.25, -0.2) is 4.39 Å². The van der Waals surface area contributed by atoms with Crippen molar-refractivity contribution in [2.75, 3.05) is 24.6 Å². The van der Waals surface area contributed by atoms with Crippen molar-refractivity contribution in [2.24, 2.45) is 5.92 Å². The highest BCUT2D eigenvalue weighted by Crippen LogP contribution is 2.41. The van der Waals surface area contributed by atoms with Gasteiger partial charge in [0.1, 0.15) is 17.2 Å². The maximum absolute atomic E-state index is 13.7. The summed E-state index contributed by atoms with van der Waals surface area (Å²) >= 11 is 0. The minimum atomic E-state index is -0.367. The molecule has 3 aromatic carbocycles. The first-order valence-corrected chi connectivity index (χ1v) is 16.0. The minimum Gasteiger partial charge on any atom is -0.466 e. The Kier molecular flexibility index (Phi) is 10.0. The van der Waals surface area contributed by atoms with Crippen LogP contribution in [-0.2, 0) is 9.53 Å². The number of Topliss-reactive ketones (excluding diaryl/α,β-unsaturated/α-hetero) is 1. The van der Waals surface area contributed by atoms with Gasteiger partial charge in [0.25, 0.3) is 5.91 Å². The van der Waals surface area contributed by atoms with Crippen molar-refractivity contribution in [1.82, 2.24) is 5.32 Å². The third-order valence-corrected chi connectivity index (χ3v) is 8.72. The Labute approximate surface area is 263 Å². The van der Waals surface area contributed by atoms with Crippen LogP contribution in [0, 0.1) is 11.7 Å². The number of nitrogens with zero attached hydrogens (tertiary/aromatic N) is 1. The van der Waals surface area contributed by atoms with Crippen molar-refractivity contribution >= 4 is 34.3 Å². The molecule has 45 heavy (non-hydrogen) atoms. The lowest BCUT2D eigenvalue weighted by Gasteiger charge is -2.30. The lowest BCUT2D eigenvalue weighted by atomic mass is 9.84. The number of hydrogen-bond donors (Lipinski definition) is 1. The number of hydrogen-bond acceptors (Lipinski definition) is 6. The zero-order valence-electron chi connectivity index (χ0n) is 26.5. The van der Waals surface area contributed by atoms with Crippen LogP contribution < -0.4 is 10.2 Å². The van der Waals surface area contributed by atoms with Crippen molar-refractivity contribution in [3.8, 4) is 22.5 Å². The molecule has 0 unspecified atom stereocenters. The van der Waals surface area contributed by atoms with E-state index in [4.69, 9.17) is 9.15 Å². The molecule has 0 saturated heterocycles. The molecule has 0 aliphatic heterocycles. The van der Waals surface area contributed by atoms with E-state index in [0.29, 0.717) is 46.4 Å². The number of carbonyl (C=O) groups excluding carboxylic acids is 3. The molecule has 2 atom stereocenters. The van der Waals surface area contributed by atoms with Crippen LogP contribution in [0.15, 0.2) is 65.1 Å². The number of ether oxygens (including phenoxy) is 1. The van der Waals surface area contributed by atoms with Crippen LogP contribution in [0.3, 0.4) is 0 Å². The summed E-state index contributed by atoms with van der Waals surface area (Å²) in [5, 5.41) is 3.78. The third kappa shape index (κ3) is 6.65. The molecule has 4 aromatic rings. The zero-order chi connectivity index (χ0) is 32.1. The van der Waals surface area contributed by atoms with Crippen molar-refractivity contribution in [2.45, 2.75) is 65.8 Å². The van der Waals surface area contributed by atoms with E-state index in [2.05, 4.69) is 24.1 Å². The smallest absolute Gasteiger partial charge is 0.311 e. The largest absolute Gasteiger partial charge is 0.466 e. The summed E-state index contributed by atoms with van der Waals surface area (Å²) in [5.41, 5.74) is 4.72. The number of nitrogens with one attached hydrogen (secondary N) is 1. The number of rotatable bonds is 11. The van der Waals surface area contributed by atoms with Gasteiger partial charge in [0.2, 0.25) is 0 Å². The Hall–Kier alpha value is -4.46. The molecule has 1 amide bonds. The van der Waals surface area contributed by atoms with E-state index in [1.54, 1.807) is 25.1 Å². The molecule has 1 saturated carbocycles. The van der Waals surface area contributed by atoms with Crippen molar-refractivity contribution in [3.05, 3.63) is 77.6 Å². The number of anilines is 1. The molecule has 1 fully saturated rings. The van der Waals surface area contributed by atoms with Gasteiger partial charge < -0.3 is 19.4 Å². The van der Waals surface area contributed by atoms with Crippen LogP contribution in [0.4, 0.5) is 10.1 Å². The van der Waals surface area contributed by atoms with Gasteiger partial charge in [0.05, 0.1) is 18.1 Å². The van der Waals surface area contributed by atoms with Crippen LogP contribution in [-0.4, -0.2) is 43.4 Å². The Morgan fingerprint density at radius 2 is 1.67 bits per heavy atom. The highest BCUT2D eigenvalue weighted by molar-refractivity contribution is 6.13. The fraction of sp³-hybridized carbons (Fsp3) is 0.378. The standard InChI is InChI=1S/C37H41FN2O5/c1-5-32(41)34-29-21-28(31(40(6-2)7-3)22-33(29)45-35(34)23-16-18-26(38)19-17-23)24-12-11-13-25(20-24)36(42)39-30-15-10-9-14-27(30)37(43)44-8-4/h11-13,16-22,27,30H,5-10,14-15H2,1-4H3,(H,39,42)/t27-,30-/m0/s1. The van der Waals surface area contributed by atoms with Crippen LogP contribution >= 0.6 is 0 Å². The molecule has 0 spiro atoms. The first-order valence-electron chi connectivity index (χ1n) is 16.0. The normalized spacial score (nSPS) is 16.4. The maximum Gasteiger partial charge on any atom is 0.311 e. The Morgan fingerprint density at radius 1 is 0.933 bits per heavy atom. The molecule has 1 heterocycles. The maximum atomic E-state index is 13.7. The van der Waals surface area contributed by atoms with E-state index >= 15 is 0 Å². The summed E-state index contributed by atoms with van der Waals surface area (Å²) in [6.45, 7) is 9.52. The highest BCUT2D eigenvalue weighted by atomic mass is 19.1. The Bertz CT molecular complexity index is 1690. The van der Waals surface area contributed by atoms with Crippen LogP contribution in [0.2, 0.25) is 0 Å². The zero-order valence-corrected chi connectivity index (χ0v) is 26.5.